The first-order valence-corrected chi connectivity index (χ1v) is 4.47. The van der Waals surface area contributed by atoms with Crippen LogP contribution >= 0.6 is 11.6 Å². The zero-order chi connectivity index (χ0) is 8.81. The summed E-state index contributed by atoms with van der Waals surface area (Å²) in [5.74, 6) is 0.650. The fourth-order valence-corrected chi connectivity index (χ4v) is 1.09. The van der Waals surface area contributed by atoms with E-state index in [4.69, 9.17) is 11.6 Å². The molecule has 0 spiro atoms. The van der Waals surface area contributed by atoms with Gasteiger partial charge in [-0.15, -0.1) is 11.6 Å². The largest absolute Gasteiger partial charge is 0.273 e. The van der Waals surface area contributed by atoms with Crippen LogP contribution < -0.4 is 0 Å². The molecule has 0 amide bonds. The predicted octanol–water partition coefficient (Wildman–Crippen LogP) is 1.93. The minimum absolute atomic E-state index is 0.0325. The van der Waals surface area contributed by atoms with Gasteiger partial charge in [0.05, 0.1) is 0 Å². The number of unbranched alkanes of at least 4 members (excludes halogenated alkanes) is 1. The molecule has 0 fully saturated rings. The van der Waals surface area contributed by atoms with Crippen LogP contribution in [-0.4, -0.2) is 21.6 Å². The van der Waals surface area contributed by atoms with Gasteiger partial charge in [0.2, 0.25) is 5.91 Å². The number of halogens is 1. The second kappa shape index (κ2) is 4.93. The molecule has 66 valence electrons. The van der Waals surface area contributed by atoms with Crippen molar-refractivity contribution in [3.8, 4) is 0 Å². The van der Waals surface area contributed by atoms with Crippen molar-refractivity contribution < 1.29 is 4.79 Å². The van der Waals surface area contributed by atoms with E-state index in [1.54, 1.807) is 18.5 Å². The number of alkyl halides is 1. The summed E-state index contributed by atoms with van der Waals surface area (Å²) in [7, 11) is 0. The summed E-state index contributed by atoms with van der Waals surface area (Å²) >= 11 is 5.48. The second-order valence-corrected chi connectivity index (χ2v) is 2.87. The Morgan fingerprint density at radius 2 is 2.33 bits per heavy atom. The number of hydrogen-bond acceptors (Lipinski definition) is 2. The third-order valence-corrected chi connectivity index (χ3v) is 1.80. The first kappa shape index (κ1) is 9.26. The summed E-state index contributed by atoms with van der Waals surface area (Å²) in [6, 6.07) is 1.74. The van der Waals surface area contributed by atoms with Gasteiger partial charge in [0, 0.05) is 24.7 Å². The zero-order valence-corrected chi connectivity index (χ0v) is 7.50. The standard InChI is InChI=1S/C8H11ClN2O/c9-5-2-1-4-8(12)11-7-3-6-10-11/h3,6-7H,1-2,4-5H2. The van der Waals surface area contributed by atoms with Crippen LogP contribution in [0.5, 0.6) is 0 Å². The number of nitrogens with zero attached hydrogens (tertiary/aromatic N) is 2. The van der Waals surface area contributed by atoms with Crippen molar-refractivity contribution in [1.82, 2.24) is 9.78 Å². The van der Waals surface area contributed by atoms with Crippen LogP contribution in [-0.2, 0) is 0 Å². The van der Waals surface area contributed by atoms with E-state index in [0.717, 1.165) is 12.8 Å². The van der Waals surface area contributed by atoms with E-state index in [1.165, 1.54) is 4.68 Å². The maximum Gasteiger partial charge on any atom is 0.246 e. The van der Waals surface area contributed by atoms with Gasteiger partial charge < -0.3 is 0 Å². The van der Waals surface area contributed by atoms with Crippen molar-refractivity contribution in [2.45, 2.75) is 19.3 Å². The maximum absolute atomic E-state index is 11.2. The van der Waals surface area contributed by atoms with Crippen LogP contribution in [0.15, 0.2) is 18.5 Å². The smallest absolute Gasteiger partial charge is 0.246 e. The molecule has 0 aliphatic carbocycles. The molecule has 0 radical (unpaired) electrons. The lowest BCUT2D eigenvalue weighted by molar-refractivity contribution is 0.0884. The van der Waals surface area contributed by atoms with E-state index in [9.17, 15) is 4.79 Å². The fraction of sp³-hybridized carbons (Fsp3) is 0.500. The summed E-state index contributed by atoms with van der Waals surface area (Å²) in [6.45, 7) is 0. The molecule has 12 heavy (non-hydrogen) atoms. The van der Waals surface area contributed by atoms with Gasteiger partial charge in [-0.25, -0.2) is 4.68 Å². The number of carbonyl (C=O) groups excluding carboxylic acids is 1. The Balaban J connectivity index is 2.30. The van der Waals surface area contributed by atoms with Crippen LogP contribution in [0.1, 0.15) is 24.1 Å². The molecular weight excluding hydrogens is 176 g/mol. The molecule has 0 bridgehead atoms. The molecule has 0 N–H and O–H groups in total. The SMILES string of the molecule is O=C(CCCCCl)n1cccn1. The highest BCUT2D eigenvalue weighted by Crippen LogP contribution is 1.99. The molecule has 0 aromatic carbocycles. The van der Waals surface area contributed by atoms with Crippen molar-refractivity contribution in [3.05, 3.63) is 18.5 Å². The molecule has 1 aromatic rings. The highest BCUT2D eigenvalue weighted by molar-refractivity contribution is 6.17. The summed E-state index contributed by atoms with van der Waals surface area (Å²) in [6.07, 6.45) is 5.49. The monoisotopic (exact) mass is 186 g/mol. The third-order valence-electron chi connectivity index (χ3n) is 1.53. The molecule has 4 heteroatoms. The first-order chi connectivity index (χ1) is 5.84. The maximum atomic E-state index is 11.2. The minimum atomic E-state index is 0.0325. The fourth-order valence-electron chi connectivity index (χ4n) is 0.902. The van der Waals surface area contributed by atoms with E-state index >= 15 is 0 Å². The quantitative estimate of drug-likeness (QED) is 0.532. The average Bonchev–Trinajstić information content (AvgIpc) is 2.56. The highest BCUT2D eigenvalue weighted by Gasteiger charge is 2.02. The molecule has 1 aromatic heterocycles. The van der Waals surface area contributed by atoms with Gasteiger partial charge in [-0.3, -0.25) is 4.79 Å². The van der Waals surface area contributed by atoms with Crippen LogP contribution in [0.2, 0.25) is 0 Å². The van der Waals surface area contributed by atoms with E-state index < -0.39 is 0 Å². The van der Waals surface area contributed by atoms with E-state index in [2.05, 4.69) is 5.10 Å². The van der Waals surface area contributed by atoms with E-state index in [1.807, 2.05) is 0 Å². The molecule has 3 nitrogen and oxygen atoms in total. The molecule has 0 unspecified atom stereocenters. The van der Waals surface area contributed by atoms with Crippen molar-refractivity contribution in [2.75, 3.05) is 5.88 Å². The third kappa shape index (κ3) is 2.66. The van der Waals surface area contributed by atoms with Crippen LogP contribution in [0.4, 0.5) is 0 Å². The predicted molar refractivity (Wildman–Crippen MR) is 47.4 cm³/mol. The van der Waals surface area contributed by atoms with Crippen molar-refractivity contribution in [3.63, 3.8) is 0 Å². The molecule has 1 heterocycles. The zero-order valence-electron chi connectivity index (χ0n) is 6.74. The van der Waals surface area contributed by atoms with Gasteiger partial charge in [0.1, 0.15) is 0 Å². The highest BCUT2D eigenvalue weighted by atomic mass is 35.5. The van der Waals surface area contributed by atoms with Crippen LogP contribution in [0, 0.1) is 0 Å². The number of carbonyl (C=O) groups is 1. The van der Waals surface area contributed by atoms with Crippen molar-refractivity contribution in [1.29, 1.82) is 0 Å². The first-order valence-electron chi connectivity index (χ1n) is 3.93. The Hall–Kier alpha value is -0.830. The molecular formula is C8H11ClN2O. The van der Waals surface area contributed by atoms with Crippen LogP contribution in [0.25, 0.3) is 0 Å². The molecule has 0 aliphatic heterocycles. The Morgan fingerprint density at radius 3 is 2.92 bits per heavy atom. The molecule has 0 saturated carbocycles. The Kier molecular flexibility index (Phi) is 3.80. The topological polar surface area (TPSA) is 34.9 Å². The Labute approximate surface area is 76.3 Å². The van der Waals surface area contributed by atoms with Gasteiger partial charge in [-0.2, -0.15) is 5.10 Å². The van der Waals surface area contributed by atoms with Crippen molar-refractivity contribution in [2.24, 2.45) is 0 Å². The second-order valence-electron chi connectivity index (χ2n) is 2.49. The Bertz CT molecular complexity index is 233. The lowest BCUT2D eigenvalue weighted by Gasteiger charge is -1.97. The van der Waals surface area contributed by atoms with Gasteiger partial charge in [0.25, 0.3) is 0 Å². The summed E-state index contributed by atoms with van der Waals surface area (Å²) in [4.78, 5) is 11.2. The normalized spacial score (nSPS) is 10.1. The number of rotatable bonds is 4. The summed E-state index contributed by atoms with van der Waals surface area (Å²) < 4.78 is 1.36. The number of hydrogen-bond donors (Lipinski definition) is 0. The van der Waals surface area contributed by atoms with Crippen LogP contribution in [0.3, 0.4) is 0 Å². The summed E-state index contributed by atoms with van der Waals surface area (Å²) in [5, 5.41) is 3.83. The lowest BCUT2D eigenvalue weighted by atomic mass is 10.2. The lowest BCUT2D eigenvalue weighted by Crippen LogP contribution is -2.10. The average molecular weight is 187 g/mol. The van der Waals surface area contributed by atoms with Gasteiger partial charge in [0.15, 0.2) is 0 Å². The summed E-state index contributed by atoms with van der Waals surface area (Å²) in [5.41, 5.74) is 0. The van der Waals surface area contributed by atoms with Gasteiger partial charge in [-0.1, -0.05) is 0 Å². The number of aromatic nitrogens is 2. The van der Waals surface area contributed by atoms with E-state index in [0.29, 0.717) is 12.3 Å². The molecule has 0 atom stereocenters. The molecule has 0 saturated heterocycles. The minimum Gasteiger partial charge on any atom is -0.273 e. The molecule has 1 rings (SSSR count). The van der Waals surface area contributed by atoms with Crippen molar-refractivity contribution >= 4 is 17.5 Å². The van der Waals surface area contributed by atoms with E-state index in [-0.39, 0.29) is 5.91 Å². The van der Waals surface area contributed by atoms with Gasteiger partial charge >= 0.3 is 0 Å². The van der Waals surface area contributed by atoms with Gasteiger partial charge in [-0.05, 0) is 18.9 Å². The Morgan fingerprint density at radius 1 is 1.50 bits per heavy atom. The molecule has 0 aliphatic rings.